The van der Waals surface area contributed by atoms with Crippen LogP contribution in [0.15, 0.2) is 0 Å². The molecule has 1 heterocycles. The molecular weight excluding hydrogens is 192 g/mol. The fourth-order valence-corrected chi connectivity index (χ4v) is 1.51. The summed E-state index contributed by atoms with van der Waals surface area (Å²) in [6, 6.07) is 0. The second kappa shape index (κ2) is 3.86. The van der Waals surface area contributed by atoms with E-state index in [1.54, 1.807) is 0 Å². The molecule has 1 aliphatic rings. The van der Waals surface area contributed by atoms with Gasteiger partial charge in [-0.3, -0.25) is 0 Å². The van der Waals surface area contributed by atoms with Gasteiger partial charge >= 0.3 is 0 Å². The van der Waals surface area contributed by atoms with Crippen molar-refractivity contribution in [3.8, 4) is 0 Å². The maximum Gasteiger partial charge on any atom is 0.166 e. The van der Waals surface area contributed by atoms with Crippen LogP contribution >= 0.6 is 24.4 Å². The lowest BCUT2D eigenvalue weighted by atomic mass is 10.3. The van der Waals surface area contributed by atoms with Crippen molar-refractivity contribution in [3.63, 3.8) is 0 Å². The maximum atomic E-state index is 5.46. The van der Waals surface area contributed by atoms with Gasteiger partial charge in [-0.15, -0.1) is 0 Å². The minimum absolute atomic E-state index is 0.456. The van der Waals surface area contributed by atoms with E-state index in [0.717, 1.165) is 26.2 Å². The first-order chi connectivity index (χ1) is 5.61. The molecule has 1 aliphatic heterocycles. The van der Waals surface area contributed by atoms with Gasteiger partial charge in [-0.25, -0.2) is 0 Å². The summed E-state index contributed by atoms with van der Waals surface area (Å²) in [4.78, 5) is 3.90. The highest BCUT2D eigenvalue weighted by Crippen LogP contribution is 2.00. The fourth-order valence-electron chi connectivity index (χ4n) is 1.15. The van der Waals surface area contributed by atoms with Crippen LogP contribution in [-0.4, -0.2) is 46.2 Å². The lowest BCUT2D eigenvalue weighted by Gasteiger charge is -2.35. The Labute approximate surface area is 82.5 Å². The topological polar surface area (TPSA) is 58.5 Å². The number of nitrogens with zero attached hydrogens (tertiary/aromatic N) is 2. The fraction of sp³-hybridized carbons (Fsp3) is 0.667. The predicted octanol–water partition coefficient (Wildman–Crippen LogP) is -0.909. The molecule has 0 radical (unpaired) electrons. The molecule has 0 aliphatic carbocycles. The summed E-state index contributed by atoms with van der Waals surface area (Å²) in [5, 5.41) is 0.912. The highest BCUT2D eigenvalue weighted by Gasteiger charge is 2.17. The third kappa shape index (κ3) is 2.18. The number of thiocarbonyl (C=S) groups is 2. The van der Waals surface area contributed by atoms with Crippen LogP contribution < -0.4 is 11.5 Å². The van der Waals surface area contributed by atoms with Crippen molar-refractivity contribution in [2.75, 3.05) is 26.2 Å². The smallest absolute Gasteiger partial charge is 0.166 e. The number of hydrogen-bond acceptors (Lipinski definition) is 2. The first-order valence-corrected chi connectivity index (χ1v) is 4.51. The molecule has 68 valence electrons. The quantitative estimate of drug-likeness (QED) is 0.498. The van der Waals surface area contributed by atoms with Crippen molar-refractivity contribution < 1.29 is 0 Å². The predicted molar refractivity (Wildman–Crippen MR) is 56.7 cm³/mol. The zero-order chi connectivity index (χ0) is 9.14. The molecule has 0 aromatic carbocycles. The van der Waals surface area contributed by atoms with E-state index in [9.17, 15) is 0 Å². The van der Waals surface area contributed by atoms with Crippen molar-refractivity contribution in [3.05, 3.63) is 0 Å². The Bertz CT molecular complexity index is 176. The third-order valence-corrected chi connectivity index (χ3v) is 2.42. The van der Waals surface area contributed by atoms with Gasteiger partial charge in [0.15, 0.2) is 10.2 Å². The van der Waals surface area contributed by atoms with E-state index in [1.807, 2.05) is 9.80 Å². The summed E-state index contributed by atoms with van der Waals surface area (Å²) < 4.78 is 0. The number of piperazine rings is 1. The summed E-state index contributed by atoms with van der Waals surface area (Å²) in [6.07, 6.45) is 0. The first-order valence-electron chi connectivity index (χ1n) is 3.70. The molecule has 0 aromatic heterocycles. The van der Waals surface area contributed by atoms with E-state index < -0.39 is 0 Å². The Morgan fingerprint density at radius 3 is 1.25 bits per heavy atom. The van der Waals surface area contributed by atoms with Gasteiger partial charge in [0.05, 0.1) is 0 Å². The summed E-state index contributed by atoms with van der Waals surface area (Å²) in [5.74, 6) is 0. The van der Waals surface area contributed by atoms with Crippen molar-refractivity contribution in [2.24, 2.45) is 11.5 Å². The van der Waals surface area contributed by atoms with Crippen LogP contribution in [0.5, 0.6) is 0 Å². The van der Waals surface area contributed by atoms with Crippen molar-refractivity contribution in [1.82, 2.24) is 9.80 Å². The molecule has 1 rings (SSSR count). The Morgan fingerprint density at radius 1 is 0.833 bits per heavy atom. The highest BCUT2D eigenvalue weighted by molar-refractivity contribution is 7.80. The molecule has 6 heteroatoms. The third-order valence-electron chi connectivity index (χ3n) is 1.90. The van der Waals surface area contributed by atoms with Crippen LogP contribution in [0.25, 0.3) is 0 Å². The van der Waals surface area contributed by atoms with E-state index >= 15 is 0 Å². The van der Waals surface area contributed by atoms with E-state index in [2.05, 4.69) is 0 Å². The van der Waals surface area contributed by atoms with Gasteiger partial charge in [0.25, 0.3) is 0 Å². The molecule has 1 fully saturated rings. The van der Waals surface area contributed by atoms with Crippen molar-refractivity contribution in [1.29, 1.82) is 0 Å². The normalized spacial score (nSPS) is 17.7. The highest BCUT2D eigenvalue weighted by atomic mass is 32.1. The van der Waals surface area contributed by atoms with Crippen LogP contribution in [0, 0.1) is 0 Å². The average Bonchev–Trinajstić information content (AvgIpc) is 2.04. The Morgan fingerprint density at radius 2 is 1.08 bits per heavy atom. The van der Waals surface area contributed by atoms with Gasteiger partial charge < -0.3 is 21.3 Å². The molecule has 4 N–H and O–H groups in total. The maximum absolute atomic E-state index is 5.46. The van der Waals surface area contributed by atoms with Crippen molar-refractivity contribution in [2.45, 2.75) is 0 Å². The molecule has 1 saturated heterocycles. The Kier molecular flexibility index (Phi) is 3.05. The number of hydrogen-bond donors (Lipinski definition) is 2. The minimum atomic E-state index is 0.456. The van der Waals surface area contributed by atoms with Gasteiger partial charge in [0.1, 0.15) is 0 Å². The van der Waals surface area contributed by atoms with E-state index in [4.69, 9.17) is 35.9 Å². The molecule has 0 amide bonds. The minimum Gasteiger partial charge on any atom is -0.376 e. The van der Waals surface area contributed by atoms with E-state index in [-0.39, 0.29) is 0 Å². The zero-order valence-corrected chi connectivity index (χ0v) is 8.33. The summed E-state index contributed by atoms with van der Waals surface area (Å²) >= 11 is 9.68. The average molecular weight is 204 g/mol. The number of nitrogens with two attached hydrogens (primary N) is 2. The van der Waals surface area contributed by atoms with Gasteiger partial charge in [0.2, 0.25) is 0 Å². The summed E-state index contributed by atoms with van der Waals surface area (Å²) in [6.45, 7) is 3.25. The molecule has 0 spiro atoms. The van der Waals surface area contributed by atoms with Crippen LogP contribution in [-0.2, 0) is 0 Å². The largest absolute Gasteiger partial charge is 0.376 e. The van der Waals surface area contributed by atoms with E-state index in [1.165, 1.54) is 0 Å². The van der Waals surface area contributed by atoms with E-state index in [0.29, 0.717) is 10.2 Å². The second-order valence-electron chi connectivity index (χ2n) is 2.65. The molecule has 0 aromatic rings. The molecule has 0 saturated carbocycles. The van der Waals surface area contributed by atoms with Crippen LogP contribution in [0.1, 0.15) is 0 Å². The molecule has 12 heavy (non-hydrogen) atoms. The molecule has 4 nitrogen and oxygen atoms in total. The molecule has 0 bridgehead atoms. The lowest BCUT2D eigenvalue weighted by molar-refractivity contribution is 0.261. The van der Waals surface area contributed by atoms with Crippen LogP contribution in [0.2, 0.25) is 0 Å². The van der Waals surface area contributed by atoms with Crippen molar-refractivity contribution >= 4 is 34.7 Å². The monoisotopic (exact) mass is 204 g/mol. The zero-order valence-electron chi connectivity index (χ0n) is 6.69. The first kappa shape index (κ1) is 9.47. The molecule has 0 atom stereocenters. The SMILES string of the molecule is NC(=S)N1CCN(C(N)=S)CC1. The molecular formula is C6H12N4S2. The summed E-state index contributed by atoms with van der Waals surface area (Å²) in [5.41, 5.74) is 10.9. The van der Waals surface area contributed by atoms with Crippen LogP contribution in [0.3, 0.4) is 0 Å². The standard InChI is InChI=1S/C6H12N4S2/c7-5(11)9-1-2-10(4-3-9)6(8)12/h1-4H2,(H2,7,11)(H2,8,12). The van der Waals surface area contributed by atoms with Gasteiger partial charge in [-0.05, 0) is 24.4 Å². The van der Waals surface area contributed by atoms with Gasteiger partial charge in [-0.2, -0.15) is 0 Å². The Balaban J connectivity index is 2.39. The number of rotatable bonds is 0. The molecule has 0 unspecified atom stereocenters. The van der Waals surface area contributed by atoms with Gasteiger partial charge in [0, 0.05) is 26.2 Å². The van der Waals surface area contributed by atoms with Crippen LogP contribution in [0.4, 0.5) is 0 Å². The summed E-state index contributed by atoms with van der Waals surface area (Å²) in [7, 11) is 0. The Hall–Kier alpha value is -0.620. The van der Waals surface area contributed by atoms with Gasteiger partial charge in [-0.1, -0.05) is 0 Å². The second-order valence-corrected chi connectivity index (χ2v) is 3.49. The lowest BCUT2D eigenvalue weighted by Crippen LogP contribution is -2.53.